The molecule has 0 amide bonds. The topological polar surface area (TPSA) is 32.3 Å². The van der Waals surface area contributed by atoms with Gasteiger partial charge in [0.2, 0.25) is 0 Å². The van der Waals surface area contributed by atoms with Crippen LogP contribution in [-0.2, 0) is 0 Å². The zero-order valence-electron chi connectivity index (χ0n) is 11.4. The first-order chi connectivity index (χ1) is 8.11. The summed E-state index contributed by atoms with van der Waals surface area (Å²) in [7, 11) is 0. The molecule has 2 N–H and O–H groups in total. The van der Waals surface area contributed by atoms with Crippen molar-refractivity contribution in [2.24, 2.45) is 23.7 Å². The SMILES string of the molecule is CC(C)C(CCO)NC(C)C1CC2C=CC1C2. The van der Waals surface area contributed by atoms with Crippen LogP contribution in [-0.4, -0.2) is 23.8 Å². The molecule has 0 aliphatic heterocycles. The number of hydrogen-bond acceptors (Lipinski definition) is 2. The minimum Gasteiger partial charge on any atom is -0.396 e. The molecule has 5 atom stereocenters. The summed E-state index contributed by atoms with van der Waals surface area (Å²) in [4.78, 5) is 0. The molecular formula is C15H27NO. The highest BCUT2D eigenvalue weighted by atomic mass is 16.3. The summed E-state index contributed by atoms with van der Waals surface area (Å²) in [6.07, 6.45) is 8.44. The van der Waals surface area contributed by atoms with E-state index in [1.165, 1.54) is 12.8 Å². The van der Waals surface area contributed by atoms with E-state index < -0.39 is 0 Å². The predicted octanol–water partition coefficient (Wildman–Crippen LogP) is 2.58. The molecular weight excluding hydrogens is 210 g/mol. The highest BCUT2D eigenvalue weighted by Crippen LogP contribution is 2.44. The van der Waals surface area contributed by atoms with E-state index in [-0.39, 0.29) is 0 Å². The van der Waals surface area contributed by atoms with Crippen LogP contribution in [0.3, 0.4) is 0 Å². The zero-order valence-corrected chi connectivity index (χ0v) is 11.4. The molecule has 5 unspecified atom stereocenters. The fourth-order valence-electron chi connectivity index (χ4n) is 3.61. The number of nitrogens with one attached hydrogen (secondary N) is 1. The van der Waals surface area contributed by atoms with E-state index in [1.807, 2.05) is 0 Å². The Morgan fingerprint density at radius 1 is 1.24 bits per heavy atom. The Kier molecular flexibility index (Phi) is 4.26. The van der Waals surface area contributed by atoms with Gasteiger partial charge in [-0.05, 0) is 49.9 Å². The molecule has 0 spiro atoms. The number of aliphatic hydroxyl groups excluding tert-OH is 1. The summed E-state index contributed by atoms with van der Waals surface area (Å²) in [6.45, 7) is 7.09. The smallest absolute Gasteiger partial charge is 0.0445 e. The number of fused-ring (bicyclic) bond motifs is 2. The molecule has 2 bridgehead atoms. The van der Waals surface area contributed by atoms with Crippen molar-refractivity contribution < 1.29 is 5.11 Å². The van der Waals surface area contributed by atoms with Crippen molar-refractivity contribution in [3.63, 3.8) is 0 Å². The van der Waals surface area contributed by atoms with Crippen molar-refractivity contribution in [2.75, 3.05) is 6.61 Å². The first kappa shape index (κ1) is 13.1. The predicted molar refractivity (Wildman–Crippen MR) is 71.8 cm³/mol. The molecule has 98 valence electrons. The molecule has 0 heterocycles. The van der Waals surface area contributed by atoms with Crippen LogP contribution in [0.1, 0.15) is 40.0 Å². The van der Waals surface area contributed by atoms with Crippen LogP contribution in [0.25, 0.3) is 0 Å². The molecule has 2 aliphatic rings. The maximum atomic E-state index is 9.12. The van der Waals surface area contributed by atoms with Crippen molar-refractivity contribution in [2.45, 2.75) is 52.1 Å². The maximum Gasteiger partial charge on any atom is 0.0445 e. The number of hydrogen-bond donors (Lipinski definition) is 2. The lowest BCUT2D eigenvalue weighted by Crippen LogP contribution is -2.45. The minimum atomic E-state index is 0.291. The van der Waals surface area contributed by atoms with Gasteiger partial charge in [0.15, 0.2) is 0 Å². The summed E-state index contributed by atoms with van der Waals surface area (Å²) in [5.41, 5.74) is 0. The van der Waals surface area contributed by atoms with Gasteiger partial charge in [-0.1, -0.05) is 26.0 Å². The van der Waals surface area contributed by atoms with Gasteiger partial charge in [-0.3, -0.25) is 0 Å². The van der Waals surface area contributed by atoms with E-state index in [9.17, 15) is 0 Å². The van der Waals surface area contributed by atoms with Crippen LogP contribution >= 0.6 is 0 Å². The van der Waals surface area contributed by atoms with Crippen LogP contribution in [0.4, 0.5) is 0 Å². The molecule has 2 heteroatoms. The second kappa shape index (κ2) is 5.53. The molecule has 0 saturated heterocycles. The summed E-state index contributed by atoms with van der Waals surface area (Å²) in [5.74, 6) is 3.07. The second-order valence-corrected chi connectivity index (χ2v) is 6.26. The van der Waals surface area contributed by atoms with Gasteiger partial charge in [0.05, 0.1) is 0 Å². The lowest BCUT2D eigenvalue weighted by atomic mass is 9.86. The third kappa shape index (κ3) is 2.92. The Labute approximate surface area is 105 Å². The van der Waals surface area contributed by atoms with Crippen LogP contribution < -0.4 is 5.32 Å². The zero-order chi connectivity index (χ0) is 12.4. The van der Waals surface area contributed by atoms with E-state index in [0.29, 0.717) is 24.6 Å². The Morgan fingerprint density at radius 3 is 2.47 bits per heavy atom. The molecule has 0 radical (unpaired) electrons. The molecule has 1 saturated carbocycles. The van der Waals surface area contributed by atoms with E-state index in [0.717, 1.165) is 24.2 Å². The fraction of sp³-hybridized carbons (Fsp3) is 0.867. The van der Waals surface area contributed by atoms with Crippen molar-refractivity contribution in [1.82, 2.24) is 5.32 Å². The quantitative estimate of drug-likeness (QED) is 0.696. The van der Waals surface area contributed by atoms with Crippen LogP contribution in [0.15, 0.2) is 12.2 Å². The minimum absolute atomic E-state index is 0.291. The van der Waals surface area contributed by atoms with Gasteiger partial charge >= 0.3 is 0 Å². The molecule has 1 fully saturated rings. The third-order valence-corrected chi connectivity index (χ3v) is 4.69. The van der Waals surface area contributed by atoms with E-state index in [4.69, 9.17) is 5.11 Å². The number of rotatable bonds is 6. The Balaban J connectivity index is 1.87. The Morgan fingerprint density at radius 2 is 2.00 bits per heavy atom. The van der Waals surface area contributed by atoms with Gasteiger partial charge in [0.1, 0.15) is 0 Å². The second-order valence-electron chi connectivity index (χ2n) is 6.26. The molecule has 17 heavy (non-hydrogen) atoms. The monoisotopic (exact) mass is 237 g/mol. The summed E-state index contributed by atoms with van der Waals surface area (Å²) < 4.78 is 0. The van der Waals surface area contributed by atoms with Gasteiger partial charge < -0.3 is 10.4 Å². The van der Waals surface area contributed by atoms with Crippen molar-refractivity contribution >= 4 is 0 Å². The van der Waals surface area contributed by atoms with Crippen molar-refractivity contribution in [3.8, 4) is 0 Å². The number of aliphatic hydroxyl groups is 1. The van der Waals surface area contributed by atoms with Gasteiger partial charge in [0.25, 0.3) is 0 Å². The molecule has 2 rings (SSSR count). The van der Waals surface area contributed by atoms with Crippen molar-refractivity contribution in [3.05, 3.63) is 12.2 Å². The third-order valence-electron chi connectivity index (χ3n) is 4.69. The molecule has 2 nitrogen and oxygen atoms in total. The normalized spacial score (nSPS) is 34.5. The Bertz CT molecular complexity index is 274. The first-order valence-corrected chi connectivity index (χ1v) is 7.17. The van der Waals surface area contributed by atoms with E-state index in [1.54, 1.807) is 0 Å². The lowest BCUT2D eigenvalue weighted by Gasteiger charge is -2.32. The molecule has 0 aromatic rings. The van der Waals surface area contributed by atoms with Crippen LogP contribution in [0.2, 0.25) is 0 Å². The summed E-state index contributed by atoms with van der Waals surface area (Å²) >= 11 is 0. The largest absolute Gasteiger partial charge is 0.396 e. The van der Waals surface area contributed by atoms with Crippen LogP contribution in [0.5, 0.6) is 0 Å². The standard InChI is InChI=1S/C15H27NO/c1-10(2)15(6-7-17)16-11(3)14-9-12-4-5-13(14)8-12/h4-5,10-17H,6-9H2,1-3H3. The number of allylic oxidation sites excluding steroid dienone is 2. The van der Waals surface area contributed by atoms with E-state index in [2.05, 4.69) is 38.2 Å². The van der Waals surface area contributed by atoms with Crippen LogP contribution in [0, 0.1) is 23.7 Å². The highest BCUT2D eigenvalue weighted by Gasteiger charge is 2.38. The van der Waals surface area contributed by atoms with Gasteiger partial charge in [-0.15, -0.1) is 0 Å². The van der Waals surface area contributed by atoms with Gasteiger partial charge in [-0.25, -0.2) is 0 Å². The maximum absolute atomic E-state index is 9.12. The fourth-order valence-corrected chi connectivity index (χ4v) is 3.61. The summed E-state index contributed by atoms with van der Waals surface area (Å²) in [5, 5.41) is 12.9. The summed E-state index contributed by atoms with van der Waals surface area (Å²) in [6, 6.07) is 1.03. The average molecular weight is 237 g/mol. The average Bonchev–Trinajstić information content (AvgIpc) is 2.89. The highest BCUT2D eigenvalue weighted by molar-refractivity contribution is 5.11. The molecule has 0 aromatic carbocycles. The first-order valence-electron chi connectivity index (χ1n) is 7.17. The van der Waals surface area contributed by atoms with E-state index >= 15 is 0 Å². The van der Waals surface area contributed by atoms with Gasteiger partial charge in [0, 0.05) is 18.7 Å². The van der Waals surface area contributed by atoms with Gasteiger partial charge in [-0.2, -0.15) is 0 Å². The Hall–Kier alpha value is -0.340. The lowest BCUT2D eigenvalue weighted by molar-refractivity contribution is 0.215. The molecule has 2 aliphatic carbocycles. The van der Waals surface area contributed by atoms with Crippen molar-refractivity contribution in [1.29, 1.82) is 0 Å². The molecule has 0 aromatic heterocycles.